The van der Waals surface area contributed by atoms with Gasteiger partial charge in [-0.25, -0.2) is 0 Å². The van der Waals surface area contributed by atoms with Crippen LogP contribution in [0.5, 0.6) is 0 Å². The first-order chi connectivity index (χ1) is 10.6. The average molecular weight is 351 g/mol. The Balaban J connectivity index is 2.99. The number of benzene rings is 1. The molecule has 0 saturated carbocycles. The van der Waals surface area contributed by atoms with Gasteiger partial charge < -0.3 is 5.11 Å². The van der Waals surface area contributed by atoms with Gasteiger partial charge in [0.15, 0.2) is 0 Å². The van der Waals surface area contributed by atoms with Crippen molar-refractivity contribution in [3.63, 3.8) is 0 Å². The van der Waals surface area contributed by atoms with Crippen molar-refractivity contribution in [1.29, 1.82) is 0 Å². The minimum atomic E-state index is -5.83. The second kappa shape index (κ2) is 7.60. The molecule has 9 heteroatoms. The van der Waals surface area contributed by atoms with Gasteiger partial charge in [0.25, 0.3) is 0 Å². The Hall–Kier alpha value is -1.87. The number of nitrogens with zero attached hydrogens (tertiary/aromatic N) is 1. The summed E-state index contributed by atoms with van der Waals surface area (Å²) >= 11 is 0. The van der Waals surface area contributed by atoms with Crippen LogP contribution in [0, 0.1) is 5.92 Å². The van der Waals surface area contributed by atoms with E-state index in [4.69, 9.17) is 0 Å². The molecule has 0 spiro atoms. The summed E-state index contributed by atoms with van der Waals surface area (Å²) in [7, 11) is -5.83. The summed E-state index contributed by atoms with van der Waals surface area (Å²) in [4.78, 5) is 0. The molecule has 0 aliphatic heterocycles. The zero-order chi connectivity index (χ0) is 17.7. The summed E-state index contributed by atoms with van der Waals surface area (Å²) in [5, 5.41) is 12.9. The van der Waals surface area contributed by atoms with E-state index in [1.54, 1.807) is 30.3 Å². The van der Waals surface area contributed by atoms with Crippen molar-refractivity contribution in [3.05, 3.63) is 48.6 Å². The van der Waals surface area contributed by atoms with Gasteiger partial charge in [-0.05, 0) is 18.9 Å². The van der Waals surface area contributed by atoms with Crippen molar-refractivity contribution in [2.45, 2.75) is 25.0 Å². The van der Waals surface area contributed by atoms with Crippen LogP contribution < -0.4 is 0 Å². The topological polar surface area (TPSA) is 76.0 Å². The maximum absolute atomic E-state index is 12.2. The molecule has 23 heavy (non-hydrogen) atoms. The Labute approximate surface area is 132 Å². The van der Waals surface area contributed by atoms with E-state index >= 15 is 0 Å². The molecular weight excluding hydrogens is 335 g/mol. The highest BCUT2D eigenvalue weighted by Gasteiger charge is 2.49. The molecule has 0 bridgehead atoms. The molecule has 0 aromatic heterocycles. The minimum absolute atomic E-state index is 0.103. The molecular formula is C14H16F3NO4S. The molecule has 0 aliphatic carbocycles. The van der Waals surface area contributed by atoms with E-state index in [-0.39, 0.29) is 12.1 Å². The van der Waals surface area contributed by atoms with Crippen molar-refractivity contribution in [3.8, 4) is 0 Å². The van der Waals surface area contributed by atoms with Gasteiger partial charge in [-0.3, -0.25) is 4.28 Å². The summed E-state index contributed by atoms with van der Waals surface area (Å²) in [6.07, 6.45) is 0.278. The number of aliphatic hydroxyl groups excluding tert-OH is 1. The molecule has 1 rings (SSSR count). The molecule has 2 unspecified atom stereocenters. The van der Waals surface area contributed by atoms with Crippen molar-refractivity contribution in [1.82, 2.24) is 0 Å². The molecule has 0 amide bonds. The van der Waals surface area contributed by atoms with Crippen molar-refractivity contribution < 1.29 is 31.0 Å². The highest BCUT2D eigenvalue weighted by atomic mass is 32.2. The molecule has 0 radical (unpaired) electrons. The van der Waals surface area contributed by atoms with E-state index < -0.39 is 27.6 Å². The van der Waals surface area contributed by atoms with Crippen LogP contribution >= 0.6 is 0 Å². The number of hydrogen-bond donors (Lipinski definition) is 1. The highest BCUT2D eigenvalue weighted by Crippen LogP contribution is 2.25. The van der Waals surface area contributed by atoms with Gasteiger partial charge >= 0.3 is 15.6 Å². The largest absolute Gasteiger partial charge is 0.536 e. The van der Waals surface area contributed by atoms with Gasteiger partial charge in [0.1, 0.15) is 0 Å². The van der Waals surface area contributed by atoms with E-state index in [9.17, 15) is 26.7 Å². The molecule has 1 N–H and O–H groups in total. The van der Waals surface area contributed by atoms with Gasteiger partial charge in [-0.2, -0.15) is 21.6 Å². The summed E-state index contributed by atoms with van der Waals surface area (Å²) < 4.78 is 62.0. The van der Waals surface area contributed by atoms with Crippen molar-refractivity contribution in [2.75, 3.05) is 0 Å². The Kier molecular flexibility index (Phi) is 6.34. The lowest BCUT2D eigenvalue weighted by Gasteiger charge is -2.20. The summed E-state index contributed by atoms with van der Waals surface area (Å²) in [5.41, 5.74) is -4.89. The average Bonchev–Trinajstić information content (AvgIpc) is 2.49. The van der Waals surface area contributed by atoms with Gasteiger partial charge in [-0.15, -0.1) is 6.58 Å². The fourth-order valence-electron chi connectivity index (χ4n) is 1.77. The summed E-state index contributed by atoms with van der Waals surface area (Å²) in [6.45, 7) is 4.68. The number of hydrogen-bond acceptors (Lipinski definition) is 5. The van der Waals surface area contributed by atoms with Crippen LogP contribution in [0.3, 0.4) is 0 Å². The molecule has 0 saturated heterocycles. The zero-order valence-corrected chi connectivity index (χ0v) is 13.0. The highest BCUT2D eigenvalue weighted by molar-refractivity contribution is 7.87. The first kappa shape index (κ1) is 19.2. The Morgan fingerprint density at radius 2 is 1.96 bits per heavy atom. The predicted molar refractivity (Wildman–Crippen MR) is 79.0 cm³/mol. The van der Waals surface area contributed by atoms with E-state index in [0.717, 1.165) is 5.56 Å². The van der Waals surface area contributed by atoms with E-state index in [2.05, 4.69) is 16.0 Å². The lowest BCUT2D eigenvalue weighted by molar-refractivity contribution is -0.0541. The number of aliphatic hydroxyl groups is 1. The molecule has 128 valence electrons. The van der Waals surface area contributed by atoms with Gasteiger partial charge in [0, 0.05) is 5.92 Å². The van der Waals surface area contributed by atoms with E-state index in [0.29, 0.717) is 0 Å². The summed E-state index contributed by atoms with van der Waals surface area (Å²) in [6, 6.07) is 8.79. The number of oxime groups is 1. The van der Waals surface area contributed by atoms with Gasteiger partial charge in [-0.1, -0.05) is 41.6 Å². The zero-order valence-electron chi connectivity index (χ0n) is 12.2. The van der Waals surface area contributed by atoms with Crippen LogP contribution in [0.1, 0.15) is 12.5 Å². The first-order valence-electron chi connectivity index (χ1n) is 6.47. The normalized spacial score (nSPS) is 15.8. The van der Waals surface area contributed by atoms with Crippen LogP contribution in [0.2, 0.25) is 0 Å². The fraction of sp³-hybridized carbons (Fsp3) is 0.357. The summed E-state index contributed by atoms with van der Waals surface area (Å²) in [5.74, 6) is -0.779. The lowest BCUT2D eigenvalue weighted by Crippen LogP contribution is -2.29. The fourth-order valence-corrected chi connectivity index (χ4v) is 2.07. The minimum Gasteiger partial charge on any atom is -0.388 e. The second-order valence-electron chi connectivity index (χ2n) is 4.73. The van der Waals surface area contributed by atoms with Gasteiger partial charge in [0.05, 0.1) is 11.8 Å². The Bertz CT molecular complexity index is 656. The molecule has 5 nitrogen and oxygen atoms in total. The van der Waals surface area contributed by atoms with Gasteiger partial charge in [0.2, 0.25) is 0 Å². The standard InChI is InChI=1S/C14H16F3NO4S/c1-3-13(19)12(9-11-7-5-4-6-8-11)10(2)18-22-23(20,21)14(15,16)17/h3-8,12-13,19H,1,9H2,2H3. The van der Waals surface area contributed by atoms with E-state index in [1.165, 1.54) is 13.0 Å². The third-order valence-corrected chi connectivity index (χ3v) is 3.89. The van der Waals surface area contributed by atoms with Crippen molar-refractivity contribution >= 4 is 15.8 Å². The molecule has 2 atom stereocenters. The van der Waals surface area contributed by atoms with Crippen LogP contribution in [0.15, 0.2) is 48.1 Å². The van der Waals surface area contributed by atoms with Crippen molar-refractivity contribution in [2.24, 2.45) is 11.1 Å². The first-order valence-corrected chi connectivity index (χ1v) is 7.88. The number of alkyl halides is 3. The molecule has 1 aromatic rings. The quantitative estimate of drug-likeness (QED) is 0.355. The SMILES string of the molecule is C=CC(O)C(Cc1ccccc1)C(C)=NOS(=O)(=O)C(F)(F)F. The molecule has 0 aliphatic rings. The number of halogens is 3. The molecule has 0 fully saturated rings. The van der Waals surface area contributed by atoms with Crippen LogP contribution in [-0.2, 0) is 20.8 Å². The van der Waals surface area contributed by atoms with Crippen LogP contribution in [-0.4, -0.2) is 30.8 Å². The lowest BCUT2D eigenvalue weighted by atomic mass is 9.90. The monoisotopic (exact) mass is 351 g/mol. The molecule has 1 aromatic carbocycles. The third kappa shape index (κ3) is 5.36. The third-order valence-electron chi connectivity index (χ3n) is 3.05. The smallest absolute Gasteiger partial charge is 0.388 e. The van der Waals surface area contributed by atoms with Crippen LogP contribution in [0.25, 0.3) is 0 Å². The predicted octanol–water partition coefficient (Wildman–Crippen LogP) is 2.63. The Morgan fingerprint density at radius 3 is 2.43 bits per heavy atom. The Morgan fingerprint density at radius 1 is 1.39 bits per heavy atom. The number of rotatable bonds is 7. The maximum atomic E-state index is 12.2. The molecule has 0 heterocycles. The van der Waals surface area contributed by atoms with Crippen LogP contribution in [0.4, 0.5) is 13.2 Å². The second-order valence-corrected chi connectivity index (χ2v) is 6.25. The van der Waals surface area contributed by atoms with E-state index in [1.807, 2.05) is 0 Å². The maximum Gasteiger partial charge on any atom is 0.536 e.